The molecular weight excluding hydrogens is 521 g/mol. The maximum atomic E-state index is 14.1. The van der Waals surface area contributed by atoms with Crippen LogP contribution in [0.15, 0.2) is 64.9 Å². The fourth-order valence-corrected chi connectivity index (χ4v) is 7.66. The predicted octanol–water partition coefficient (Wildman–Crippen LogP) is 4.67. The van der Waals surface area contributed by atoms with Crippen LogP contribution in [0.3, 0.4) is 0 Å². The van der Waals surface area contributed by atoms with E-state index in [1.807, 2.05) is 18.2 Å². The first kappa shape index (κ1) is 27.0. The van der Waals surface area contributed by atoms with Gasteiger partial charge in [0.2, 0.25) is 15.9 Å². The maximum absolute atomic E-state index is 14.1. The van der Waals surface area contributed by atoms with Crippen molar-refractivity contribution in [2.45, 2.75) is 43.5 Å². The molecule has 0 saturated carbocycles. The van der Waals surface area contributed by atoms with Gasteiger partial charge in [0.1, 0.15) is 5.82 Å². The third-order valence-electron chi connectivity index (χ3n) is 7.52. The maximum Gasteiger partial charge on any atom is 0.243 e. The van der Waals surface area contributed by atoms with Gasteiger partial charge in [-0.25, -0.2) is 12.8 Å². The second-order valence-corrected chi connectivity index (χ2v) is 14.0. The van der Waals surface area contributed by atoms with Gasteiger partial charge < -0.3 is 4.90 Å². The zero-order valence-electron chi connectivity index (χ0n) is 22.1. The van der Waals surface area contributed by atoms with E-state index in [0.29, 0.717) is 19.6 Å². The van der Waals surface area contributed by atoms with Gasteiger partial charge in [-0.15, -0.1) is 11.3 Å². The third kappa shape index (κ3) is 5.43. The molecule has 0 bridgehead atoms. The molecule has 0 N–H and O–H groups in total. The Bertz CT molecular complexity index is 1410. The van der Waals surface area contributed by atoms with Crippen molar-refractivity contribution in [3.8, 4) is 0 Å². The molecule has 1 unspecified atom stereocenters. The predicted molar refractivity (Wildman–Crippen MR) is 148 cm³/mol. The van der Waals surface area contributed by atoms with E-state index in [0.717, 1.165) is 23.1 Å². The fraction of sp³-hybridized carbons (Fsp3) is 0.414. The van der Waals surface area contributed by atoms with Crippen LogP contribution in [0.4, 0.5) is 4.39 Å². The summed E-state index contributed by atoms with van der Waals surface area (Å²) in [5.41, 5.74) is 3.00. The number of hydrogen-bond acceptors (Lipinski definition) is 5. The van der Waals surface area contributed by atoms with Gasteiger partial charge in [-0.3, -0.25) is 9.69 Å². The van der Waals surface area contributed by atoms with Gasteiger partial charge in [-0.2, -0.15) is 4.31 Å². The molecule has 0 spiro atoms. The second kappa shape index (κ2) is 10.5. The van der Waals surface area contributed by atoms with E-state index in [4.69, 9.17) is 0 Å². The van der Waals surface area contributed by atoms with E-state index >= 15 is 0 Å². The highest BCUT2D eigenvalue weighted by molar-refractivity contribution is 7.89. The summed E-state index contributed by atoms with van der Waals surface area (Å²) < 4.78 is 42.0. The number of sulfonamides is 1. The SMILES string of the molecule is CC(C)(C)c1ccc(S(=O)(=O)N2CCN(C(=O)CN3CCc4sccc4C3c3cccc(F)c3)CC2)cc1. The summed E-state index contributed by atoms with van der Waals surface area (Å²) in [5, 5.41) is 2.05. The second-order valence-electron chi connectivity index (χ2n) is 11.0. The van der Waals surface area contributed by atoms with Crippen LogP contribution < -0.4 is 0 Å². The van der Waals surface area contributed by atoms with E-state index in [2.05, 4.69) is 37.1 Å². The summed E-state index contributed by atoms with van der Waals surface area (Å²) in [6.07, 6.45) is 0.853. The van der Waals surface area contributed by atoms with Gasteiger partial charge in [0.15, 0.2) is 0 Å². The summed E-state index contributed by atoms with van der Waals surface area (Å²) in [5.74, 6) is -0.321. The Hall–Kier alpha value is -2.59. The first-order valence-electron chi connectivity index (χ1n) is 13.0. The molecule has 3 aromatic rings. The molecule has 1 fully saturated rings. The van der Waals surface area contributed by atoms with E-state index in [-0.39, 0.29) is 47.7 Å². The van der Waals surface area contributed by atoms with Crippen LogP contribution in [0.1, 0.15) is 48.4 Å². The molecule has 9 heteroatoms. The molecule has 3 heterocycles. The number of nitrogens with zero attached hydrogens (tertiary/aromatic N) is 3. The van der Waals surface area contributed by atoms with Crippen molar-refractivity contribution in [3.05, 3.63) is 87.4 Å². The zero-order chi connectivity index (χ0) is 27.1. The standard InChI is InChI=1S/C29H34FN3O3S2/c1-29(2,3)22-7-9-24(10-8-22)38(35,36)33-16-14-31(15-17-33)27(34)20-32-13-11-26-25(12-18-37-26)28(32)21-5-4-6-23(30)19-21/h4-10,12,18-19,28H,11,13-17,20H2,1-3H3. The average molecular weight is 556 g/mol. The summed E-state index contributed by atoms with van der Waals surface area (Å²) in [6, 6.07) is 15.6. The van der Waals surface area contributed by atoms with Gasteiger partial charge in [-0.05, 0) is 64.2 Å². The summed E-state index contributed by atoms with van der Waals surface area (Å²) >= 11 is 1.70. The Labute approximate surface area is 228 Å². The van der Waals surface area contributed by atoms with E-state index in [9.17, 15) is 17.6 Å². The molecule has 1 amide bonds. The summed E-state index contributed by atoms with van der Waals surface area (Å²) in [4.78, 5) is 18.8. The topological polar surface area (TPSA) is 60.9 Å². The first-order chi connectivity index (χ1) is 18.0. The molecule has 1 saturated heterocycles. The van der Waals surface area contributed by atoms with E-state index < -0.39 is 10.0 Å². The molecule has 38 heavy (non-hydrogen) atoms. The van der Waals surface area contributed by atoms with Gasteiger partial charge in [0.05, 0.1) is 17.5 Å². The zero-order valence-corrected chi connectivity index (χ0v) is 23.7. The Morgan fingerprint density at radius 1 is 1.00 bits per heavy atom. The first-order valence-corrected chi connectivity index (χ1v) is 15.3. The Balaban J connectivity index is 1.25. The van der Waals surface area contributed by atoms with Crippen LogP contribution in [-0.2, 0) is 26.7 Å². The molecule has 2 aliphatic heterocycles. The minimum absolute atomic E-state index is 0.0309. The van der Waals surface area contributed by atoms with Crippen LogP contribution in [0.5, 0.6) is 0 Å². The number of amides is 1. The fourth-order valence-electron chi connectivity index (χ4n) is 5.33. The number of piperazine rings is 1. The van der Waals surface area contributed by atoms with Crippen molar-refractivity contribution >= 4 is 27.3 Å². The Morgan fingerprint density at radius 3 is 2.37 bits per heavy atom. The highest BCUT2D eigenvalue weighted by Crippen LogP contribution is 2.38. The molecule has 0 radical (unpaired) electrons. The van der Waals surface area contributed by atoms with Crippen LogP contribution in [0.2, 0.25) is 0 Å². The van der Waals surface area contributed by atoms with Crippen molar-refractivity contribution in [1.29, 1.82) is 0 Å². The number of benzene rings is 2. The van der Waals surface area contributed by atoms with E-state index in [1.54, 1.807) is 40.5 Å². The van der Waals surface area contributed by atoms with Gasteiger partial charge in [0, 0.05) is 37.6 Å². The lowest BCUT2D eigenvalue weighted by Crippen LogP contribution is -2.53. The van der Waals surface area contributed by atoms with Gasteiger partial charge in [-0.1, -0.05) is 45.0 Å². The van der Waals surface area contributed by atoms with Crippen LogP contribution in [0.25, 0.3) is 0 Å². The van der Waals surface area contributed by atoms with Crippen molar-refractivity contribution < 1.29 is 17.6 Å². The number of hydrogen-bond donors (Lipinski definition) is 0. The lowest BCUT2D eigenvalue weighted by Gasteiger charge is -2.39. The molecule has 2 aliphatic rings. The van der Waals surface area contributed by atoms with Crippen molar-refractivity contribution in [2.24, 2.45) is 0 Å². The minimum Gasteiger partial charge on any atom is -0.339 e. The highest BCUT2D eigenvalue weighted by atomic mass is 32.2. The molecule has 202 valence electrons. The van der Waals surface area contributed by atoms with Crippen LogP contribution >= 0.6 is 11.3 Å². The highest BCUT2D eigenvalue weighted by Gasteiger charge is 2.34. The summed E-state index contributed by atoms with van der Waals surface area (Å²) in [7, 11) is -3.63. The van der Waals surface area contributed by atoms with Crippen molar-refractivity contribution in [1.82, 2.24) is 14.1 Å². The van der Waals surface area contributed by atoms with Crippen molar-refractivity contribution in [3.63, 3.8) is 0 Å². The molecule has 5 rings (SSSR count). The minimum atomic E-state index is -3.63. The quantitative estimate of drug-likeness (QED) is 0.459. The monoisotopic (exact) mass is 555 g/mol. The molecule has 1 atom stereocenters. The molecular formula is C29H34FN3O3S2. The summed E-state index contributed by atoms with van der Waals surface area (Å²) in [6.45, 7) is 8.41. The average Bonchev–Trinajstić information content (AvgIpc) is 3.37. The normalized spacial score (nSPS) is 19.4. The lowest BCUT2D eigenvalue weighted by atomic mass is 9.87. The molecule has 6 nitrogen and oxygen atoms in total. The number of halogens is 1. The Kier molecular flexibility index (Phi) is 7.48. The van der Waals surface area contributed by atoms with Gasteiger partial charge in [0.25, 0.3) is 0 Å². The third-order valence-corrected chi connectivity index (χ3v) is 10.4. The molecule has 0 aliphatic carbocycles. The number of rotatable bonds is 5. The Morgan fingerprint density at radius 2 is 1.71 bits per heavy atom. The number of carbonyl (C=O) groups excluding carboxylic acids is 1. The molecule has 2 aromatic carbocycles. The lowest BCUT2D eigenvalue weighted by molar-refractivity contribution is -0.134. The number of thiophene rings is 1. The van der Waals surface area contributed by atoms with E-state index in [1.165, 1.54) is 15.2 Å². The van der Waals surface area contributed by atoms with Crippen LogP contribution in [0, 0.1) is 5.82 Å². The molecule has 1 aromatic heterocycles. The van der Waals surface area contributed by atoms with Gasteiger partial charge >= 0.3 is 0 Å². The number of fused-ring (bicyclic) bond motifs is 1. The number of carbonyl (C=O) groups is 1. The van der Waals surface area contributed by atoms with Crippen molar-refractivity contribution in [2.75, 3.05) is 39.3 Å². The smallest absolute Gasteiger partial charge is 0.243 e. The largest absolute Gasteiger partial charge is 0.339 e. The van der Waals surface area contributed by atoms with Crippen LogP contribution in [-0.4, -0.2) is 67.7 Å².